The van der Waals surface area contributed by atoms with Gasteiger partial charge in [0.2, 0.25) is 0 Å². The number of aromatic nitrogens is 2. The van der Waals surface area contributed by atoms with Crippen molar-refractivity contribution in [2.75, 3.05) is 6.61 Å². The summed E-state index contributed by atoms with van der Waals surface area (Å²) in [7, 11) is 0. The summed E-state index contributed by atoms with van der Waals surface area (Å²) in [4.78, 5) is 8.85. The fourth-order valence-corrected chi connectivity index (χ4v) is 2.15. The lowest BCUT2D eigenvalue weighted by Crippen LogP contribution is -2.12. The molecule has 0 saturated heterocycles. The molecule has 4 nitrogen and oxygen atoms in total. The van der Waals surface area contributed by atoms with Crippen molar-refractivity contribution in [2.45, 2.75) is 33.0 Å². The predicted octanol–water partition coefficient (Wildman–Crippen LogP) is 2.96. The zero-order valence-corrected chi connectivity index (χ0v) is 12.1. The van der Waals surface area contributed by atoms with Crippen LogP contribution in [-0.2, 0) is 4.74 Å². The lowest BCUT2D eigenvalue weighted by atomic mass is 10.1. The highest BCUT2D eigenvalue weighted by Gasteiger charge is 2.18. The van der Waals surface area contributed by atoms with Crippen molar-refractivity contribution in [3.63, 3.8) is 0 Å². The monoisotopic (exact) mass is 272 g/mol. The highest BCUT2D eigenvalue weighted by atomic mass is 16.5. The molecule has 0 amide bonds. The summed E-state index contributed by atoms with van der Waals surface area (Å²) in [5.41, 5.74) is 2.56. The average Bonchev–Trinajstić information content (AvgIpc) is 2.45. The summed E-state index contributed by atoms with van der Waals surface area (Å²) in [6.45, 7) is 6.12. The van der Waals surface area contributed by atoms with Gasteiger partial charge in [-0.25, -0.2) is 9.97 Å². The first-order valence-electron chi connectivity index (χ1n) is 6.81. The van der Waals surface area contributed by atoms with Gasteiger partial charge >= 0.3 is 0 Å². The summed E-state index contributed by atoms with van der Waals surface area (Å²) < 4.78 is 5.78. The van der Waals surface area contributed by atoms with Crippen molar-refractivity contribution in [2.24, 2.45) is 0 Å². The van der Waals surface area contributed by atoms with Crippen LogP contribution in [0.4, 0.5) is 0 Å². The second-order valence-electron chi connectivity index (χ2n) is 4.69. The molecular weight excluding hydrogens is 252 g/mol. The van der Waals surface area contributed by atoms with Crippen LogP contribution >= 0.6 is 0 Å². The molecule has 0 aliphatic carbocycles. The van der Waals surface area contributed by atoms with Gasteiger partial charge in [-0.15, -0.1) is 0 Å². The number of hydrogen-bond donors (Lipinski definition) is 1. The van der Waals surface area contributed by atoms with Gasteiger partial charge < -0.3 is 9.84 Å². The Bertz CT molecular complexity index is 556. The molecule has 1 aromatic heterocycles. The third-order valence-corrected chi connectivity index (χ3v) is 3.16. The van der Waals surface area contributed by atoms with E-state index in [0.29, 0.717) is 12.4 Å². The fourth-order valence-electron chi connectivity index (χ4n) is 2.15. The van der Waals surface area contributed by atoms with Crippen LogP contribution in [0.5, 0.6) is 0 Å². The van der Waals surface area contributed by atoms with Crippen LogP contribution in [0, 0.1) is 6.92 Å². The van der Waals surface area contributed by atoms with E-state index in [1.54, 1.807) is 13.1 Å². The number of hydrogen-bond acceptors (Lipinski definition) is 4. The second kappa shape index (κ2) is 6.59. The number of nitrogens with zero attached hydrogens (tertiary/aromatic N) is 2. The van der Waals surface area contributed by atoms with Crippen molar-refractivity contribution in [1.82, 2.24) is 9.97 Å². The van der Waals surface area contributed by atoms with E-state index in [1.807, 2.05) is 44.2 Å². The minimum atomic E-state index is -0.564. The van der Waals surface area contributed by atoms with E-state index in [-0.39, 0.29) is 6.10 Å². The molecule has 2 rings (SSSR count). The lowest BCUT2D eigenvalue weighted by molar-refractivity contribution is 0.0847. The van der Waals surface area contributed by atoms with E-state index in [0.717, 1.165) is 16.8 Å². The van der Waals surface area contributed by atoms with Gasteiger partial charge in [0.05, 0.1) is 6.10 Å². The van der Waals surface area contributed by atoms with Crippen LogP contribution in [-0.4, -0.2) is 21.7 Å². The number of benzene rings is 1. The number of rotatable bonds is 5. The van der Waals surface area contributed by atoms with Gasteiger partial charge in [-0.2, -0.15) is 0 Å². The van der Waals surface area contributed by atoms with E-state index < -0.39 is 6.10 Å². The Hall–Kier alpha value is -1.78. The molecule has 1 heterocycles. The normalized spacial score (nSPS) is 14.0. The molecule has 0 radical (unpaired) electrons. The van der Waals surface area contributed by atoms with Gasteiger partial charge in [0.15, 0.2) is 5.82 Å². The molecule has 1 unspecified atom stereocenters. The molecule has 0 aliphatic heterocycles. The van der Waals surface area contributed by atoms with Crippen molar-refractivity contribution in [3.8, 4) is 0 Å². The minimum absolute atomic E-state index is 0.275. The highest BCUT2D eigenvalue weighted by molar-refractivity contribution is 5.25. The van der Waals surface area contributed by atoms with Crippen LogP contribution in [0.3, 0.4) is 0 Å². The molecular formula is C16H20N2O2. The number of aryl methyl sites for hydroxylation is 1. The van der Waals surface area contributed by atoms with Crippen LogP contribution in [0.2, 0.25) is 0 Å². The third-order valence-electron chi connectivity index (χ3n) is 3.16. The zero-order chi connectivity index (χ0) is 14.5. The predicted molar refractivity (Wildman–Crippen MR) is 77.3 cm³/mol. The molecule has 106 valence electrons. The molecule has 0 spiro atoms. The van der Waals surface area contributed by atoms with Crippen molar-refractivity contribution >= 4 is 0 Å². The summed E-state index contributed by atoms with van der Waals surface area (Å²) in [5, 5.41) is 9.64. The average molecular weight is 272 g/mol. The number of aliphatic hydroxyl groups is 1. The molecule has 0 saturated carbocycles. The number of ether oxygens (including phenoxy) is 1. The summed E-state index contributed by atoms with van der Waals surface area (Å²) in [6.07, 6.45) is 0.839. The minimum Gasteiger partial charge on any atom is -0.389 e. The van der Waals surface area contributed by atoms with Crippen molar-refractivity contribution in [3.05, 3.63) is 59.2 Å². The molecule has 1 aromatic carbocycles. The van der Waals surface area contributed by atoms with E-state index in [9.17, 15) is 5.11 Å². The van der Waals surface area contributed by atoms with Crippen LogP contribution in [0.25, 0.3) is 0 Å². The summed E-state index contributed by atoms with van der Waals surface area (Å²) in [5.74, 6) is 0.625. The third kappa shape index (κ3) is 3.21. The maximum absolute atomic E-state index is 9.64. The lowest BCUT2D eigenvalue weighted by Gasteiger charge is -2.17. The SMILES string of the molecule is CCOC(c1ccccc1)c1ncc([C@@H](C)O)c(C)n1. The van der Waals surface area contributed by atoms with Crippen molar-refractivity contribution in [1.29, 1.82) is 0 Å². The highest BCUT2D eigenvalue weighted by Crippen LogP contribution is 2.24. The van der Waals surface area contributed by atoms with Crippen molar-refractivity contribution < 1.29 is 9.84 Å². The largest absolute Gasteiger partial charge is 0.389 e. The number of aliphatic hydroxyl groups excluding tert-OH is 1. The Balaban J connectivity index is 2.38. The summed E-state index contributed by atoms with van der Waals surface area (Å²) >= 11 is 0. The van der Waals surface area contributed by atoms with E-state index in [4.69, 9.17) is 4.74 Å². The Morgan fingerprint density at radius 2 is 1.95 bits per heavy atom. The van der Waals surface area contributed by atoms with E-state index in [1.165, 1.54) is 0 Å². The van der Waals surface area contributed by atoms with Crippen LogP contribution in [0.1, 0.15) is 48.7 Å². The molecule has 0 bridgehead atoms. The molecule has 1 N–H and O–H groups in total. The molecule has 2 atom stereocenters. The first-order valence-corrected chi connectivity index (χ1v) is 6.81. The smallest absolute Gasteiger partial charge is 0.162 e. The summed E-state index contributed by atoms with van der Waals surface area (Å²) in [6, 6.07) is 9.91. The maximum Gasteiger partial charge on any atom is 0.162 e. The molecule has 0 fully saturated rings. The van der Waals surface area contributed by atoms with Gasteiger partial charge in [0.25, 0.3) is 0 Å². The molecule has 20 heavy (non-hydrogen) atoms. The van der Waals surface area contributed by atoms with Gasteiger partial charge in [-0.1, -0.05) is 30.3 Å². The van der Waals surface area contributed by atoms with Crippen LogP contribution in [0.15, 0.2) is 36.5 Å². The Labute approximate surface area is 119 Å². The Kier molecular flexibility index (Phi) is 4.82. The fraction of sp³-hybridized carbons (Fsp3) is 0.375. The van der Waals surface area contributed by atoms with Gasteiger partial charge in [0.1, 0.15) is 6.10 Å². The second-order valence-corrected chi connectivity index (χ2v) is 4.69. The quantitative estimate of drug-likeness (QED) is 0.909. The first-order chi connectivity index (χ1) is 9.63. The van der Waals surface area contributed by atoms with E-state index >= 15 is 0 Å². The zero-order valence-electron chi connectivity index (χ0n) is 12.1. The topological polar surface area (TPSA) is 55.2 Å². The first kappa shape index (κ1) is 14.6. The van der Waals surface area contributed by atoms with E-state index in [2.05, 4.69) is 9.97 Å². The maximum atomic E-state index is 9.64. The van der Waals surface area contributed by atoms with Gasteiger partial charge in [-0.05, 0) is 26.3 Å². The van der Waals surface area contributed by atoms with Crippen LogP contribution < -0.4 is 0 Å². The Morgan fingerprint density at radius 3 is 2.50 bits per heavy atom. The standard InChI is InChI=1S/C16H20N2O2/c1-4-20-15(13-8-6-5-7-9-13)16-17-10-14(12(3)19)11(2)18-16/h5-10,12,15,19H,4H2,1-3H3/t12-,15?/m1/s1. The molecule has 4 heteroatoms. The molecule has 0 aliphatic rings. The van der Waals surface area contributed by atoms with Gasteiger partial charge in [0, 0.05) is 24.1 Å². The molecule has 2 aromatic rings. The Morgan fingerprint density at radius 1 is 1.25 bits per heavy atom. The van der Waals surface area contributed by atoms with Gasteiger partial charge in [-0.3, -0.25) is 0 Å².